The molecule has 0 spiro atoms. The van der Waals surface area contributed by atoms with Gasteiger partial charge in [-0.15, -0.1) is 0 Å². The lowest BCUT2D eigenvalue weighted by atomic mass is 10.1. The Hall–Kier alpha value is -2.22. The second kappa shape index (κ2) is 6.35. The summed E-state index contributed by atoms with van der Waals surface area (Å²) in [5.74, 6) is 0.682. The van der Waals surface area contributed by atoms with E-state index in [1.54, 1.807) is 16.9 Å². The number of halogens is 2. The van der Waals surface area contributed by atoms with E-state index in [0.717, 1.165) is 18.5 Å². The van der Waals surface area contributed by atoms with E-state index in [1.165, 1.54) is 6.07 Å². The van der Waals surface area contributed by atoms with Crippen LogP contribution in [0.25, 0.3) is 5.65 Å². The molecule has 1 aliphatic heterocycles. The molecule has 6 nitrogen and oxygen atoms in total. The fourth-order valence-electron chi connectivity index (χ4n) is 2.86. The molecule has 24 heavy (non-hydrogen) atoms. The van der Waals surface area contributed by atoms with Gasteiger partial charge in [0.1, 0.15) is 6.10 Å². The Balaban J connectivity index is 1.40. The fraction of sp³-hybridized carbons (Fsp3) is 0.312. The Bertz CT molecular complexity index is 863. The van der Waals surface area contributed by atoms with Crippen molar-refractivity contribution in [2.45, 2.75) is 18.9 Å². The van der Waals surface area contributed by atoms with Crippen LogP contribution < -0.4 is 9.64 Å². The monoisotopic (exact) mass is 391 g/mol. The van der Waals surface area contributed by atoms with Crippen LogP contribution in [0.3, 0.4) is 0 Å². The van der Waals surface area contributed by atoms with Crippen molar-refractivity contribution in [3.05, 3.63) is 47.1 Å². The minimum atomic E-state index is -0.309. The number of pyridine rings is 1. The van der Waals surface area contributed by atoms with Crippen LogP contribution in [-0.2, 0) is 0 Å². The molecule has 0 unspecified atom stereocenters. The van der Waals surface area contributed by atoms with E-state index in [2.05, 4.69) is 31.0 Å². The molecular formula is C16H15BrFN5O. The number of rotatable bonds is 3. The van der Waals surface area contributed by atoms with E-state index in [-0.39, 0.29) is 11.9 Å². The molecule has 8 heteroatoms. The predicted octanol–water partition coefficient (Wildman–Crippen LogP) is 3.07. The SMILES string of the molecule is Fc1cc(Br)cnc1N1CCC(Oc2ccn3nccc3n2)CC1. The van der Waals surface area contributed by atoms with Gasteiger partial charge < -0.3 is 9.64 Å². The maximum Gasteiger partial charge on any atom is 0.217 e. The lowest BCUT2D eigenvalue weighted by molar-refractivity contribution is 0.163. The van der Waals surface area contributed by atoms with Crippen LogP contribution in [0.4, 0.5) is 10.2 Å². The summed E-state index contributed by atoms with van der Waals surface area (Å²) in [5.41, 5.74) is 0.756. The zero-order valence-electron chi connectivity index (χ0n) is 12.8. The molecule has 1 aliphatic rings. The third-order valence-electron chi connectivity index (χ3n) is 4.05. The summed E-state index contributed by atoms with van der Waals surface area (Å²) < 4.78 is 22.3. The molecule has 124 valence electrons. The summed E-state index contributed by atoms with van der Waals surface area (Å²) in [5, 5.41) is 4.11. The average Bonchev–Trinajstić information content (AvgIpc) is 3.04. The van der Waals surface area contributed by atoms with Crippen LogP contribution in [0.15, 0.2) is 41.3 Å². The van der Waals surface area contributed by atoms with Crippen LogP contribution in [0.2, 0.25) is 0 Å². The Morgan fingerprint density at radius 2 is 2.08 bits per heavy atom. The second-order valence-electron chi connectivity index (χ2n) is 5.66. The predicted molar refractivity (Wildman–Crippen MR) is 90.7 cm³/mol. The highest BCUT2D eigenvalue weighted by Crippen LogP contribution is 2.25. The summed E-state index contributed by atoms with van der Waals surface area (Å²) in [6.45, 7) is 1.40. The lowest BCUT2D eigenvalue weighted by Crippen LogP contribution is -2.39. The first kappa shape index (κ1) is 15.3. The maximum atomic E-state index is 14.0. The van der Waals surface area contributed by atoms with E-state index in [1.807, 2.05) is 23.2 Å². The minimum Gasteiger partial charge on any atom is -0.474 e. The zero-order valence-corrected chi connectivity index (χ0v) is 14.4. The van der Waals surface area contributed by atoms with E-state index >= 15 is 0 Å². The summed E-state index contributed by atoms with van der Waals surface area (Å²) >= 11 is 3.23. The highest BCUT2D eigenvalue weighted by atomic mass is 79.9. The largest absolute Gasteiger partial charge is 0.474 e. The van der Waals surface area contributed by atoms with Crippen LogP contribution in [0.1, 0.15) is 12.8 Å². The highest BCUT2D eigenvalue weighted by molar-refractivity contribution is 9.10. The van der Waals surface area contributed by atoms with Gasteiger partial charge in [-0.25, -0.2) is 13.9 Å². The van der Waals surface area contributed by atoms with Gasteiger partial charge in [0.25, 0.3) is 0 Å². The van der Waals surface area contributed by atoms with Crippen molar-refractivity contribution in [3.63, 3.8) is 0 Å². The first-order valence-electron chi connectivity index (χ1n) is 7.72. The molecule has 0 amide bonds. The van der Waals surface area contributed by atoms with Crippen molar-refractivity contribution < 1.29 is 9.13 Å². The number of hydrogen-bond acceptors (Lipinski definition) is 5. The van der Waals surface area contributed by atoms with Crippen molar-refractivity contribution in [3.8, 4) is 5.88 Å². The van der Waals surface area contributed by atoms with Crippen LogP contribution >= 0.6 is 15.9 Å². The van der Waals surface area contributed by atoms with Gasteiger partial charge >= 0.3 is 0 Å². The standard InChI is InChI=1S/C16H15BrFN5O/c17-11-9-13(18)16(19-10-11)22-6-2-12(3-7-22)24-15-4-8-23-14(21-15)1-5-20-23/h1,4-5,8-10,12H,2-3,6-7H2. The van der Waals surface area contributed by atoms with Crippen molar-refractivity contribution in [1.29, 1.82) is 0 Å². The highest BCUT2D eigenvalue weighted by Gasteiger charge is 2.23. The number of ether oxygens (including phenoxy) is 1. The molecule has 3 aromatic rings. The Morgan fingerprint density at radius 3 is 2.88 bits per heavy atom. The third-order valence-corrected chi connectivity index (χ3v) is 4.48. The Kier molecular flexibility index (Phi) is 4.05. The van der Waals surface area contributed by atoms with Gasteiger partial charge in [0, 0.05) is 54.9 Å². The van der Waals surface area contributed by atoms with Gasteiger partial charge in [0.15, 0.2) is 17.3 Å². The maximum absolute atomic E-state index is 14.0. The Morgan fingerprint density at radius 1 is 1.25 bits per heavy atom. The number of fused-ring (bicyclic) bond motifs is 1. The molecule has 0 radical (unpaired) electrons. The van der Waals surface area contributed by atoms with Gasteiger partial charge in [-0.3, -0.25) is 0 Å². The molecule has 3 aromatic heterocycles. The second-order valence-corrected chi connectivity index (χ2v) is 6.58. The van der Waals surface area contributed by atoms with Crippen molar-refractivity contribution >= 4 is 27.4 Å². The zero-order chi connectivity index (χ0) is 16.5. The van der Waals surface area contributed by atoms with Gasteiger partial charge in [-0.05, 0) is 22.0 Å². The first-order valence-corrected chi connectivity index (χ1v) is 8.51. The van der Waals surface area contributed by atoms with E-state index in [4.69, 9.17) is 4.74 Å². The van der Waals surface area contributed by atoms with Gasteiger partial charge in [-0.1, -0.05) is 0 Å². The molecule has 0 aliphatic carbocycles. The van der Waals surface area contributed by atoms with Gasteiger partial charge in [0.2, 0.25) is 5.88 Å². The summed E-state index contributed by atoms with van der Waals surface area (Å²) in [6, 6.07) is 5.08. The molecular weight excluding hydrogens is 377 g/mol. The number of piperidine rings is 1. The summed E-state index contributed by atoms with van der Waals surface area (Å²) in [7, 11) is 0. The van der Waals surface area contributed by atoms with Gasteiger partial charge in [0.05, 0.1) is 6.20 Å². The van der Waals surface area contributed by atoms with Crippen molar-refractivity contribution in [2.75, 3.05) is 18.0 Å². The van der Waals surface area contributed by atoms with Crippen LogP contribution in [0.5, 0.6) is 5.88 Å². The number of nitrogens with zero attached hydrogens (tertiary/aromatic N) is 5. The quantitative estimate of drug-likeness (QED) is 0.686. The molecule has 0 saturated carbocycles. The minimum absolute atomic E-state index is 0.0673. The molecule has 4 rings (SSSR count). The summed E-state index contributed by atoms with van der Waals surface area (Å²) in [4.78, 5) is 10.6. The topological polar surface area (TPSA) is 55.6 Å². The molecule has 0 aromatic carbocycles. The number of aromatic nitrogens is 4. The first-order chi connectivity index (χ1) is 11.7. The van der Waals surface area contributed by atoms with E-state index < -0.39 is 0 Å². The smallest absolute Gasteiger partial charge is 0.217 e. The van der Waals surface area contributed by atoms with Crippen LogP contribution in [-0.4, -0.2) is 38.8 Å². The molecule has 4 heterocycles. The normalized spacial score (nSPS) is 15.8. The third kappa shape index (κ3) is 3.06. The van der Waals surface area contributed by atoms with E-state index in [9.17, 15) is 4.39 Å². The molecule has 0 bridgehead atoms. The lowest BCUT2D eigenvalue weighted by Gasteiger charge is -2.32. The number of hydrogen-bond donors (Lipinski definition) is 0. The molecule has 0 atom stereocenters. The van der Waals surface area contributed by atoms with Crippen molar-refractivity contribution in [2.24, 2.45) is 0 Å². The van der Waals surface area contributed by atoms with E-state index in [0.29, 0.717) is 29.3 Å². The van der Waals surface area contributed by atoms with Gasteiger partial charge in [-0.2, -0.15) is 10.1 Å². The average molecular weight is 392 g/mol. The van der Waals surface area contributed by atoms with Crippen molar-refractivity contribution in [1.82, 2.24) is 19.6 Å². The van der Waals surface area contributed by atoms with Crippen LogP contribution in [0, 0.1) is 5.82 Å². The number of anilines is 1. The summed E-state index contributed by atoms with van der Waals surface area (Å²) in [6.07, 6.45) is 6.80. The molecule has 0 N–H and O–H groups in total. The molecule has 1 saturated heterocycles. The Labute approximate surface area is 146 Å². The fourth-order valence-corrected chi connectivity index (χ4v) is 3.16. The molecule has 1 fully saturated rings.